The normalized spacial score (nSPS) is 26.9. The maximum absolute atomic E-state index is 13.9. The predicted octanol–water partition coefficient (Wildman–Crippen LogP) is 4.23. The number of carbonyl (C=O) groups excluding carboxylic acids is 1. The fourth-order valence-corrected chi connectivity index (χ4v) is 5.83. The molecule has 1 heterocycles. The van der Waals surface area contributed by atoms with Gasteiger partial charge in [-0.1, -0.05) is 44.6 Å². The molecule has 0 radical (unpaired) electrons. The zero-order valence-corrected chi connectivity index (χ0v) is 18.3. The molecule has 1 amide bonds. The summed E-state index contributed by atoms with van der Waals surface area (Å²) in [6, 6.07) is 5.19. The van der Waals surface area contributed by atoms with Gasteiger partial charge in [-0.2, -0.15) is 0 Å². The van der Waals surface area contributed by atoms with E-state index in [0.717, 1.165) is 61.9 Å². The second-order valence-corrected chi connectivity index (χ2v) is 9.17. The number of carbonyl (C=O) groups is 1. The number of rotatable bonds is 4. The first kappa shape index (κ1) is 20.9. The number of hydrogen-bond donors (Lipinski definition) is 1. The maximum Gasteiger partial charge on any atom is 0.291 e. The van der Waals surface area contributed by atoms with Crippen molar-refractivity contribution in [1.82, 2.24) is 10.0 Å². The maximum atomic E-state index is 13.9. The van der Waals surface area contributed by atoms with Gasteiger partial charge in [0.15, 0.2) is 0 Å². The molecule has 2 atom stereocenters. The number of benzene rings is 1. The molecule has 0 aromatic heterocycles. The topological polar surface area (TPSA) is 78.9 Å². The largest absolute Gasteiger partial charge is 0.496 e. The minimum Gasteiger partial charge on any atom is -0.496 e. The number of anilines is 1. The van der Waals surface area contributed by atoms with Crippen LogP contribution in [-0.2, 0) is 4.79 Å². The summed E-state index contributed by atoms with van der Waals surface area (Å²) >= 11 is 0. The number of ether oxygens (including phenoxy) is 1. The zero-order valence-electron chi connectivity index (χ0n) is 18.3. The lowest BCUT2D eigenvalue weighted by atomic mass is 9.73. The van der Waals surface area contributed by atoms with Crippen LogP contribution < -0.4 is 10.5 Å². The molecule has 164 valence electrons. The first-order valence-corrected chi connectivity index (χ1v) is 11.5. The summed E-state index contributed by atoms with van der Waals surface area (Å²) in [5.74, 6) is 0.659. The number of nitrogens with two attached hydrogens (primary N) is 1. The summed E-state index contributed by atoms with van der Waals surface area (Å²) in [5.41, 5.74) is 7.45. The lowest BCUT2D eigenvalue weighted by Crippen LogP contribution is -2.62. The Balaban J connectivity index is 1.76. The molecule has 0 bridgehead atoms. The molecule has 2 N–H and O–H groups in total. The molecule has 2 saturated carbocycles. The molecule has 7 heteroatoms. The van der Waals surface area contributed by atoms with Crippen molar-refractivity contribution in [2.75, 3.05) is 19.9 Å². The summed E-state index contributed by atoms with van der Waals surface area (Å²) in [7, 11) is 3.42. The summed E-state index contributed by atoms with van der Waals surface area (Å²) < 4.78 is 5.62. The van der Waals surface area contributed by atoms with Crippen LogP contribution in [0, 0.1) is 16.7 Å². The molecule has 3 aliphatic rings. The van der Waals surface area contributed by atoms with E-state index in [1.165, 1.54) is 12.8 Å². The Labute approximate surface area is 179 Å². The number of methoxy groups -OCH3 is 1. The van der Waals surface area contributed by atoms with Crippen LogP contribution in [0.2, 0.25) is 0 Å². The van der Waals surface area contributed by atoms with Crippen molar-refractivity contribution in [3.8, 4) is 5.75 Å². The number of nitrogens with zero attached hydrogens (tertiary/aromatic N) is 3. The van der Waals surface area contributed by atoms with E-state index in [9.17, 15) is 9.70 Å². The van der Waals surface area contributed by atoms with Gasteiger partial charge in [-0.3, -0.25) is 4.79 Å². The van der Waals surface area contributed by atoms with E-state index in [-0.39, 0.29) is 29.8 Å². The SMILES string of the molecule is COc1cc(N)ccc1C1C(C2CCCCC2)C(=O)N(C2CCCCC2)[N+](=O)N1C. The third-order valence-electron chi connectivity index (χ3n) is 7.36. The smallest absolute Gasteiger partial charge is 0.291 e. The van der Waals surface area contributed by atoms with Gasteiger partial charge in [-0.05, 0) is 42.7 Å². The lowest BCUT2D eigenvalue weighted by molar-refractivity contribution is -0.833. The van der Waals surface area contributed by atoms with E-state index < -0.39 is 0 Å². The molecule has 0 spiro atoms. The van der Waals surface area contributed by atoms with Crippen LogP contribution in [0.5, 0.6) is 5.75 Å². The van der Waals surface area contributed by atoms with E-state index in [1.54, 1.807) is 23.2 Å². The highest BCUT2D eigenvalue weighted by Gasteiger charge is 2.57. The molecule has 1 saturated heterocycles. The third kappa shape index (κ3) is 3.74. The van der Waals surface area contributed by atoms with Crippen LogP contribution in [0.4, 0.5) is 5.69 Å². The Bertz CT molecular complexity index is 787. The number of hydrogen-bond acceptors (Lipinski definition) is 4. The van der Waals surface area contributed by atoms with Crippen molar-refractivity contribution in [2.24, 2.45) is 11.8 Å². The minimum atomic E-state index is -0.353. The van der Waals surface area contributed by atoms with Crippen LogP contribution in [0.3, 0.4) is 0 Å². The van der Waals surface area contributed by atoms with Gasteiger partial charge in [-0.25, -0.2) is 0 Å². The van der Waals surface area contributed by atoms with Crippen molar-refractivity contribution in [3.05, 3.63) is 28.7 Å². The standard InChI is InChI=1S/C23H35N4O3/c1-25-22(19-14-13-17(24)15-20(19)30-2)21(16-9-5-3-6-10-16)23(28)26(27(25)29)18-11-7-4-8-12-18/h13-16,18,21-22H,3-12,24H2,1-2H3/q+1. The number of nitroso groups, excluding NO2 is 1. The molecule has 4 rings (SSSR count). The van der Waals surface area contributed by atoms with E-state index in [0.29, 0.717) is 11.4 Å². The second kappa shape index (κ2) is 8.82. The van der Waals surface area contributed by atoms with Gasteiger partial charge in [0, 0.05) is 17.3 Å². The number of nitrogen functional groups attached to an aromatic ring is 1. The van der Waals surface area contributed by atoms with Gasteiger partial charge in [0.1, 0.15) is 17.8 Å². The number of amides is 1. The van der Waals surface area contributed by atoms with Crippen molar-refractivity contribution >= 4 is 11.6 Å². The number of hydrazine groups is 2. The summed E-state index contributed by atoms with van der Waals surface area (Å²) in [5, 5.41) is 3.25. The molecule has 1 aliphatic heterocycles. The lowest BCUT2D eigenvalue weighted by Gasteiger charge is -2.42. The van der Waals surface area contributed by atoms with Gasteiger partial charge in [0.25, 0.3) is 10.9 Å². The molecular formula is C23H35N4O3+. The van der Waals surface area contributed by atoms with Gasteiger partial charge in [0.05, 0.1) is 25.0 Å². The molecule has 7 nitrogen and oxygen atoms in total. The Kier molecular flexibility index (Phi) is 6.16. The third-order valence-corrected chi connectivity index (χ3v) is 7.36. The average molecular weight is 416 g/mol. The average Bonchev–Trinajstić information content (AvgIpc) is 2.77. The van der Waals surface area contributed by atoms with E-state index in [1.807, 2.05) is 19.2 Å². The Morgan fingerprint density at radius 1 is 1.03 bits per heavy atom. The van der Waals surface area contributed by atoms with Crippen LogP contribution in [0.25, 0.3) is 0 Å². The van der Waals surface area contributed by atoms with Crippen molar-refractivity contribution < 1.29 is 14.5 Å². The quantitative estimate of drug-likeness (QED) is 0.588. The van der Waals surface area contributed by atoms with E-state index in [2.05, 4.69) is 0 Å². The highest BCUT2D eigenvalue weighted by Crippen LogP contribution is 2.46. The molecule has 1 aromatic carbocycles. The Morgan fingerprint density at radius 2 is 1.67 bits per heavy atom. The second-order valence-electron chi connectivity index (χ2n) is 9.17. The highest BCUT2D eigenvalue weighted by atomic mass is 16.5. The molecule has 2 aliphatic carbocycles. The fourth-order valence-electron chi connectivity index (χ4n) is 5.83. The van der Waals surface area contributed by atoms with Crippen molar-refractivity contribution in [3.63, 3.8) is 0 Å². The molecule has 2 unspecified atom stereocenters. The first-order chi connectivity index (χ1) is 14.5. The van der Waals surface area contributed by atoms with Crippen molar-refractivity contribution in [2.45, 2.75) is 76.3 Å². The summed E-state index contributed by atoms with van der Waals surface area (Å²) in [6.07, 6.45) is 10.8. The predicted molar refractivity (Wildman–Crippen MR) is 115 cm³/mol. The van der Waals surface area contributed by atoms with E-state index >= 15 is 0 Å². The molecular weight excluding hydrogens is 380 g/mol. The first-order valence-electron chi connectivity index (χ1n) is 11.5. The molecule has 30 heavy (non-hydrogen) atoms. The van der Waals surface area contributed by atoms with E-state index in [4.69, 9.17) is 10.5 Å². The monoisotopic (exact) mass is 415 g/mol. The van der Waals surface area contributed by atoms with Crippen LogP contribution in [0.15, 0.2) is 18.2 Å². The summed E-state index contributed by atoms with van der Waals surface area (Å²) in [6.45, 7) is 0. The van der Waals surface area contributed by atoms with Crippen LogP contribution in [0.1, 0.15) is 75.8 Å². The minimum absolute atomic E-state index is 0.00607. The summed E-state index contributed by atoms with van der Waals surface area (Å²) in [4.78, 5) is 28.1. The van der Waals surface area contributed by atoms with Crippen molar-refractivity contribution in [1.29, 1.82) is 0 Å². The molecule has 1 aromatic rings. The zero-order chi connectivity index (χ0) is 21.3. The van der Waals surface area contributed by atoms with Gasteiger partial charge >= 0.3 is 0 Å². The Hall–Kier alpha value is -2.31. The Morgan fingerprint density at radius 3 is 2.30 bits per heavy atom. The van der Waals surface area contributed by atoms with Crippen LogP contribution in [-0.4, -0.2) is 41.1 Å². The van der Waals surface area contributed by atoms with Gasteiger partial charge < -0.3 is 10.5 Å². The molecule has 3 fully saturated rings. The highest BCUT2D eigenvalue weighted by molar-refractivity contribution is 5.80. The fraction of sp³-hybridized carbons (Fsp3) is 0.696. The van der Waals surface area contributed by atoms with Gasteiger partial charge in [0.2, 0.25) is 0 Å². The van der Waals surface area contributed by atoms with Crippen LogP contribution >= 0.6 is 0 Å². The van der Waals surface area contributed by atoms with Gasteiger partial charge in [-0.15, -0.1) is 5.01 Å².